The monoisotopic (exact) mass is 260 g/mol. The highest BCUT2D eigenvalue weighted by Crippen LogP contribution is 2.24. The van der Waals surface area contributed by atoms with Gasteiger partial charge in [0, 0.05) is 31.9 Å². The van der Waals surface area contributed by atoms with Crippen LogP contribution in [-0.4, -0.2) is 37.0 Å². The van der Waals surface area contributed by atoms with Crippen molar-refractivity contribution in [3.63, 3.8) is 0 Å². The van der Waals surface area contributed by atoms with Crippen molar-refractivity contribution in [2.24, 2.45) is 5.92 Å². The molecule has 1 aromatic rings. The molecular weight excluding hydrogens is 236 g/mol. The van der Waals surface area contributed by atoms with Crippen LogP contribution < -0.4 is 4.90 Å². The van der Waals surface area contributed by atoms with E-state index in [-0.39, 0.29) is 5.92 Å². The van der Waals surface area contributed by atoms with Gasteiger partial charge >= 0.3 is 0 Å². The Bertz CT molecular complexity index is 400. The Morgan fingerprint density at radius 3 is 2.58 bits per heavy atom. The third-order valence-corrected chi connectivity index (χ3v) is 3.97. The lowest BCUT2D eigenvalue weighted by Gasteiger charge is -2.35. The Hall–Kier alpha value is -1.51. The standard InChI is InChI=1S/C16H24N2O/c1-3-17(4-2)16(19)14-9-8-12-18(13-14)15-10-6-5-7-11-15/h5-7,10-11,14H,3-4,8-9,12-13H2,1-2H3. The number of carbonyl (C=O) groups excluding carboxylic acids is 1. The summed E-state index contributed by atoms with van der Waals surface area (Å²) < 4.78 is 0. The molecule has 1 atom stereocenters. The van der Waals surface area contributed by atoms with Crippen molar-refractivity contribution in [3.8, 4) is 0 Å². The molecule has 0 saturated carbocycles. The number of carbonyl (C=O) groups is 1. The lowest BCUT2D eigenvalue weighted by Crippen LogP contribution is -2.44. The Balaban J connectivity index is 2.03. The van der Waals surface area contributed by atoms with Crippen LogP contribution in [0.25, 0.3) is 0 Å². The molecule has 1 saturated heterocycles. The topological polar surface area (TPSA) is 23.6 Å². The molecule has 1 heterocycles. The molecule has 1 amide bonds. The molecule has 0 spiro atoms. The second-order valence-electron chi connectivity index (χ2n) is 5.13. The maximum Gasteiger partial charge on any atom is 0.227 e. The van der Waals surface area contributed by atoms with Crippen molar-refractivity contribution >= 4 is 11.6 Å². The van der Waals surface area contributed by atoms with E-state index in [1.807, 2.05) is 11.0 Å². The van der Waals surface area contributed by atoms with Gasteiger partial charge in [0.05, 0.1) is 5.92 Å². The van der Waals surface area contributed by atoms with Crippen molar-refractivity contribution in [1.82, 2.24) is 4.90 Å². The van der Waals surface area contributed by atoms with Crippen molar-refractivity contribution < 1.29 is 4.79 Å². The first kappa shape index (κ1) is 13.9. The predicted octanol–water partition coefficient (Wildman–Crippen LogP) is 2.77. The van der Waals surface area contributed by atoms with Crippen LogP contribution in [0.2, 0.25) is 0 Å². The highest BCUT2D eigenvalue weighted by atomic mass is 16.2. The highest BCUT2D eigenvalue weighted by molar-refractivity contribution is 5.79. The number of anilines is 1. The van der Waals surface area contributed by atoms with Gasteiger partial charge in [-0.05, 0) is 38.8 Å². The van der Waals surface area contributed by atoms with Gasteiger partial charge in [-0.1, -0.05) is 18.2 Å². The summed E-state index contributed by atoms with van der Waals surface area (Å²) >= 11 is 0. The van der Waals surface area contributed by atoms with E-state index in [9.17, 15) is 4.79 Å². The first-order valence-corrected chi connectivity index (χ1v) is 7.35. The molecule has 0 bridgehead atoms. The number of piperidine rings is 1. The first-order valence-electron chi connectivity index (χ1n) is 7.35. The number of hydrogen-bond donors (Lipinski definition) is 0. The predicted molar refractivity (Wildman–Crippen MR) is 79.3 cm³/mol. The number of benzene rings is 1. The minimum atomic E-state index is 0.161. The van der Waals surface area contributed by atoms with E-state index < -0.39 is 0 Å². The lowest BCUT2D eigenvalue weighted by molar-refractivity contribution is -0.135. The van der Waals surface area contributed by atoms with Crippen molar-refractivity contribution in [2.45, 2.75) is 26.7 Å². The fourth-order valence-electron chi connectivity index (χ4n) is 2.85. The maximum atomic E-state index is 12.4. The molecule has 19 heavy (non-hydrogen) atoms. The molecule has 0 aromatic heterocycles. The number of rotatable bonds is 4. The number of amides is 1. The van der Waals surface area contributed by atoms with Gasteiger partial charge in [-0.3, -0.25) is 4.79 Å². The smallest absolute Gasteiger partial charge is 0.227 e. The van der Waals surface area contributed by atoms with Crippen LogP contribution in [0.15, 0.2) is 30.3 Å². The molecule has 3 heteroatoms. The molecule has 1 aliphatic heterocycles. The molecule has 2 rings (SSSR count). The van der Waals surface area contributed by atoms with Crippen molar-refractivity contribution in [1.29, 1.82) is 0 Å². The molecule has 0 radical (unpaired) electrons. The van der Waals surface area contributed by atoms with Gasteiger partial charge < -0.3 is 9.80 Å². The van der Waals surface area contributed by atoms with E-state index >= 15 is 0 Å². The van der Waals surface area contributed by atoms with Crippen LogP contribution >= 0.6 is 0 Å². The zero-order chi connectivity index (χ0) is 13.7. The van der Waals surface area contributed by atoms with Crippen molar-refractivity contribution in [2.75, 3.05) is 31.1 Å². The molecular formula is C16H24N2O. The summed E-state index contributed by atoms with van der Waals surface area (Å²) in [6.45, 7) is 7.66. The number of para-hydroxylation sites is 1. The zero-order valence-corrected chi connectivity index (χ0v) is 12.0. The largest absolute Gasteiger partial charge is 0.371 e. The summed E-state index contributed by atoms with van der Waals surface area (Å²) in [5.74, 6) is 0.486. The van der Waals surface area contributed by atoms with Gasteiger partial charge in [0.15, 0.2) is 0 Å². The molecule has 0 N–H and O–H groups in total. The van der Waals surface area contributed by atoms with Crippen LogP contribution in [0.3, 0.4) is 0 Å². The molecule has 1 aliphatic rings. The van der Waals surface area contributed by atoms with E-state index in [1.165, 1.54) is 5.69 Å². The summed E-state index contributed by atoms with van der Waals surface area (Å²) in [7, 11) is 0. The molecule has 1 fully saturated rings. The third kappa shape index (κ3) is 3.28. The third-order valence-electron chi connectivity index (χ3n) is 3.97. The van der Waals surface area contributed by atoms with E-state index in [4.69, 9.17) is 0 Å². The Morgan fingerprint density at radius 2 is 1.95 bits per heavy atom. The van der Waals surface area contributed by atoms with Gasteiger partial charge in [-0.15, -0.1) is 0 Å². The zero-order valence-electron chi connectivity index (χ0n) is 12.0. The normalized spacial score (nSPS) is 19.3. The maximum absolute atomic E-state index is 12.4. The summed E-state index contributed by atoms with van der Waals surface area (Å²) in [6.07, 6.45) is 2.13. The molecule has 0 aliphatic carbocycles. The van der Waals surface area contributed by atoms with E-state index in [1.54, 1.807) is 0 Å². The van der Waals surface area contributed by atoms with Crippen LogP contribution in [0.1, 0.15) is 26.7 Å². The summed E-state index contributed by atoms with van der Waals surface area (Å²) in [5.41, 5.74) is 1.24. The highest BCUT2D eigenvalue weighted by Gasteiger charge is 2.28. The minimum absolute atomic E-state index is 0.161. The van der Waals surface area contributed by atoms with Gasteiger partial charge in [-0.25, -0.2) is 0 Å². The van der Waals surface area contributed by atoms with Crippen LogP contribution in [-0.2, 0) is 4.79 Å². The first-order chi connectivity index (χ1) is 9.26. The quantitative estimate of drug-likeness (QED) is 0.831. The van der Waals surface area contributed by atoms with E-state index in [0.29, 0.717) is 5.91 Å². The van der Waals surface area contributed by atoms with Crippen molar-refractivity contribution in [3.05, 3.63) is 30.3 Å². The summed E-state index contributed by atoms with van der Waals surface area (Å²) in [5, 5.41) is 0. The number of hydrogen-bond acceptors (Lipinski definition) is 2. The van der Waals surface area contributed by atoms with Crippen LogP contribution in [0, 0.1) is 5.92 Å². The van der Waals surface area contributed by atoms with Gasteiger partial charge in [-0.2, -0.15) is 0 Å². The Labute approximate surface area is 116 Å². The van der Waals surface area contributed by atoms with Gasteiger partial charge in [0.25, 0.3) is 0 Å². The molecule has 1 unspecified atom stereocenters. The second kappa shape index (κ2) is 6.60. The second-order valence-corrected chi connectivity index (χ2v) is 5.13. The summed E-state index contributed by atoms with van der Waals surface area (Å²) in [6, 6.07) is 10.4. The Kier molecular flexibility index (Phi) is 4.83. The van der Waals surface area contributed by atoms with E-state index in [0.717, 1.165) is 39.0 Å². The average molecular weight is 260 g/mol. The SMILES string of the molecule is CCN(CC)C(=O)C1CCCN(c2ccccc2)C1. The van der Waals surface area contributed by atoms with Gasteiger partial charge in [0.2, 0.25) is 5.91 Å². The van der Waals surface area contributed by atoms with Gasteiger partial charge in [0.1, 0.15) is 0 Å². The fraction of sp³-hybridized carbons (Fsp3) is 0.562. The Morgan fingerprint density at radius 1 is 1.26 bits per heavy atom. The minimum Gasteiger partial charge on any atom is -0.371 e. The average Bonchev–Trinajstić information content (AvgIpc) is 2.49. The lowest BCUT2D eigenvalue weighted by atomic mass is 9.96. The molecule has 104 valence electrons. The van der Waals surface area contributed by atoms with Crippen LogP contribution in [0.4, 0.5) is 5.69 Å². The molecule has 3 nitrogen and oxygen atoms in total. The molecule has 1 aromatic carbocycles. The fourth-order valence-corrected chi connectivity index (χ4v) is 2.85. The van der Waals surface area contributed by atoms with E-state index in [2.05, 4.69) is 43.0 Å². The van der Waals surface area contributed by atoms with Crippen LogP contribution in [0.5, 0.6) is 0 Å². The summed E-state index contributed by atoms with van der Waals surface area (Å²) in [4.78, 5) is 16.7. The number of nitrogens with zero attached hydrogens (tertiary/aromatic N) is 2.